The molecule has 1 atom stereocenters. The van der Waals surface area contributed by atoms with E-state index in [-0.39, 0.29) is 11.9 Å². The zero-order chi connectivity index (χ0) is 14.0. The molecule has 0 fully saturated rings. The van der Waals surface area contributed by atoms with Crippen molar-refractivity contribution in [1.29, 1.82) is 0 Å². The number of nitrogens with one attached hydrogen (secondary N) is 1. The van der Waals surface area contributed by atoms with Crippen molar-refractivity contribution >= 4 is 22.9 Å². The lowest BCUT2D eigenvalue weighted by molar-refractivity contribution is -0.114. The number of benzene rings is 1. The average molecular weight is 275 g/mol. The summed E-state index contributed by atoms with van der Waals surface area (Å²) in [5, 5.41) is 3.65. The fourth-order valence-electron chi connectivity index (χ4n) is 1.79. The molecule has 19 heavy (non-hydrogen) atoms. The topological polar surface area (TPSA) is 68.0 Å². The van der Waals surface area contributed by atoms with Crippen LogP contribution in [0.4, 0.5) is 5.69 Å². The molecule has 0 aliphatic heterocycles. The summed E-state index contributed by atoms with van der Waals surface area (Å²) >= 11 is 1.61. The van der Waals surface area contributed by atoms with E-state index in [0.717, 1.165) is 22.0 Å². The van der Waals surface area contributed by atoms with E-state index >= 15 is 0 Å². The molecule has 1 amide bonds. The molecule has 2 rings (SSSR count). The van der Waals surface area contributed by atoms with Gasteiger partial charge in [0.25, 0.3) is 0 Å². The second kappa shape index (κ2) is 5.50. The quantitative estimate of drug-likeness (QED) is 0.905. The second-order valence-corrected chi connectivity index (χ2v) is 5.71. The number of nitrogens with zero attached hydrogens (tertiary/aromatic N) is 1. The molecule has 1 aromatic carbocycles. The van der Waals surface area contributed by atoms with Crippen LogP contribution >= 0.6 is 11.3 Å². The molecule has 0 bridgehead atoms. The molecule has 0 spiro atoms. The van der Waals surface area contributed by atoms with Crippen molar-refractivity contribution in [2.75, 3.05) is 5.32 Å². The Bertz CT molecular complexity index is 587. The summed E-state index contributed by atoms with van der Waals surface area (Å²) in [6, 6.07) is 7.30. The molecule has 0 saturated carbocycles. The van der Waals surface area contributed by atoms with E-state index in [1.807, 2.05) is 38.1 Å². The molecule has 0 aliphatic rings. The van der Waals surface area contributed by atoms with Gasteiger partial charge in [0, 0.05) is 17.5 Å². The van der Waals surface area contributed by atoms with Gasteiger partial charge in [0.2, 0.25) is 5.91 Å². The Hall–Kier alpha value is -1.72. The summed E-state index contributed by atoms with van der Waals surface area (Å²) in [5.41, 5.74) is 8.95. The third kappa shape index (κ3) is 3.19. The lowest BCUT2D eigenvalue weighted by atomic mass is 10.1. The van der Waals surface area contributed by atoms with Crippen LogP contribution in [0.3, 0.4) is 0 Å². The molecular formula is C14H17N3OS. The summed E-state index contributed by atoms with van der Waals surface area (Å²) < 4.78 is 0. The minimum atomic E-state index is -0.258. The summed E-state index contributed by atoms with van der Waals surface area (Å²) in [4.78, 5) is 16.7. The summed E-state index contributed by atoms with van der Waals surface area (Å²) in [6.07, 6.45) is 0. The normalized spacial score (nSPS) is 12.2. The minimum absolute atomic E-state index is 0.0911. The summed E-state index contributed by atoms with van der Waals surface area (Å²) in [5.74, 6) is -0.0911. The molecule has 5 heteroatoms. The lowest BCUT2D eigenvalue weighted by Crippen LogP contribution is -2.12. The van der Waals surface area contributed by atoms with Gasteiger partial charge in [-0.15, -0.1) is 11.3 Å². The first kappa shape index (κ1) is 13.7. The van der Waals surface area contributed by atoms with Gasteiger partial charge in [0.1, 0.15) is 5.01 Å². The van der Waals surface area contributed by atoms with Gasteiger partial charge in [0.05, 0.1) is 11.7 Å². The van der Waals surface area contributed by atoms with Crippen molar-refractivity contribution < 1.29 is 4.79 Å². The number of nitrogens with two attached hydrogens (primary N) is 1. The van der Waals surface area contributed by atoms with Crippen LogP contribution in [0.25, 0.3) is 0 Å². The number of carbonyl (C=O) groups excluding carboxylic acids is 1. The zero-order valence-electron chi connectivity index (χ0n) is 11.2. The standard InChI is InChI=1S/C14H17N3OS/c1-8-9(2)19-14(16-8)13(15)11-5-4-6-12(7-11)17-10(3)18/h4-7,13H,15H2,1-3H3,(H,17,18). The van der Waals surface area contributed by atoms with Gasteiger partial charge in [-0.1, -0.05) is 12.1 Å². The number of carbonyl (C=O) groups is 1. The average Bonchev–Trinajstić information content (AvgIpc) is 2.68. The fourth-order valence-corrected chi connectivity index (χ4v) is 2.74. The van der Waals surface area contributed by atoms with Crippen molar-refractivity contribution in [3.8, 4) is 0 Å². The Kier molecular flexibility index (Phi) is 3.97. The first-order valence-corrected chi connectivity index (χ1v) is 6.86. The van der Waals surface area contributed by atoms with Crippen LogP contribution in [0.5, 0.6) is 0 Å². The van der Waals surface area contributed by atoms with Crippen LogP contribution in [0.15, 0.2) is 24.3 Å². The summed E-state index contributed by atoms with van der Waals surface area (Å²) in [6.45, 7) is 5.51. The monoisotopic (exact) mass is 275 g/mol. The molecule has 2 aromatic rings. The highest BCUT2D eigenvalue weighted by Gasteiger charge is 2.14. The van der Waals surface area contributed by atoms with Crippen molar-refractivity contribution in [1.82, 2.24) is 4.98 Å². The number of hydrogen-bond acceptors (Lipinski definition) is 4. The van der Waals surface area contributed by atoms with Gasteiger partial charge >= 0.3 is 0 Å². The number of anilines is 1. The molecule has 1 heterocycles. The van der Waals surface area contributed by atoms with Crippen molar-refractivity contribution in [2.24, 2.45) is 5.73 Å². The number of aromatic nitrogens is 1. The maximum atomic E-state index is 11.1. The molecule has 0 aliphatic carbocycles. The second-order valence-electron chi connectivity index (χ2n) is 4.48. The maximum absolute atomic E-state index is 11.1. The predicted molar refractivity (Wildman–Crippen MR) is 78.4 cm³/mol. The maximum Gasteiger partial charge on any atom is 0.221 e. The van der Waals surface area contributed by atoms with E-state index in [2.05, 4.69) is 10.3 Å². The van der Waals surface area contributed by atoms with Crippen LogP contribution in [-0.2, 0) is 4.79 Å². The van der Waals surface area contributed by atoms with Crippen LogP contribution < -0.4 is 11.1 Å². The van der Waals surface area contributed by atoms with Crippen molar-refractivity contribution in [2.45, 2.75) is 26.8 Å². The molecule has 3 N–H and O–H groups in total. The van der Waals surface area contributed by atoms with Gasteiger partial charge in [-0.3, -0.25) is 4.79 Å². The Labute approximate surface area is 116 Å². The Morgan fingerprint density at radius 2 is 2.16 bits per heavy atom. The van der Waals surface area contributed by atoms with Crippen LogP contribution in [0.2, 0.25) is 0 Å². The molecule has 0 radical (unpaired) electrons. The SMILES string of the molecule is CC(=O)Nc1cccc(C(N)c2nc(C)c(C)s2)c1. The first-order valence-electron chi connectivity index (χ1n) is 6.04. The number of thiazole rings is 1. The van der Waals surface area contributed by atoms with Gasteiger partial charge in [-0.25, -0.2) is 4.98 Å². The van der Waals surface area contributed by atoms with Crippen LogP contribution in [0, 0.1) is 13.8 Å². The highest BCUT2D eigenvalue weighted by Crippen LogP contribution is 2.27. The van der Waals surface area contributed by atoms with E-state index < -0.39 is 0 Å². The molecule has 1 aromatic heterocycles. The van der Waals surface area contributed by atoms with E-state index in [4.69, 9.17) is 5.73 Å². The van der Waals surface area contributed by atoms with E-state index in [9.17, 15) is 4.79 Å². The number of hydrogen-bond donors (Lipinski definition) is 2. The molecule has 1 unspecified atom stereocenters. The third-order valence-corrected chi connectivity index (χ3v) is 4.03. The molecule has 0 saturated heterocycles. The van der Waals surface area contributed by atoms with Gasteiger partial charge < -0.3 is 11.1 Å². The Morgan fingerprint density at radius 1 is 1.42 bits per heavy atom. The highest BCUT2D eigenvalue weighted by atomic mass is 32.1. The van der Waals surface area contributed by atoms with Gasteiger partial charge in [-0.05, 0) is 31.5 Å². The third-order valence-electron chi connectivity index (χ3n) is 2.88. The van der Waals surface area contributed by atoms with Crippen molar-refractivity contribution in [3.05, 3.63) is 45.4 Å². The van der Waals surface area contributed by atoms with E-state index in [1.54, 1.807) is 11.3 Å². The minimum Gasteiger partial charge on any atom is -0.326 e. The molecule has 4 nitrogen and oxygen atoms in total. The van der Waals surface area contributed by atoms with Crippen LogP contribution in [-0.4, -0.2) is 10.9 Å². The van der Waals surface area contributed by atoms with Crippen LogP contribution in [0.1, 0.15) is 34.1 Å². The largest absolute Gasteiger partial charge is 0.326 e. The number of rotatable bonds is 3. The molecular weight excluding hydrogens is 258 g/mol. The number of amides is 1. The van der Waals surface area contributed by atoms with Gasteiger partial charge in [0.15, 0.2) is 0 Å². The van der Waals surface area contributed by atoms with E-state index in [1.165, 1.54) is 11.8 Å². The lowest BCUT2D eigenvalue weighted by Gasteiger charge is -2.11. The highest BCUT2D eigenvalue weighted by molar-refractivity contribution is 7.11. The zero-order valence-corrected chi connectivity index (χ0v) is 12.0. The predicted octanol–water partition coefficient (Wildman–Crippen LogP) is 2.77. The smallest absolute Gasteiger partial charge is 0.221 e. The Balaban J connectivity index is 2.28. The first-order chi connectivity index (χ1) is 8.97. The van der Waals surface area contributed by atoms with E-state index in [0.29, 0.717) is 0 Å². The van der Waals surface area contributed by atoms with Crippen molar-refractivity contribution in [3.63, 3.8) is 0 Å². The Morgan fingerprint density at radius 3 is 2.74 bits per heavy atom. The summed E-state index contributed by atoms with van der Waals surface area (Å²) in [7, 11) is 0. The molecule has 100 valence electrons. The number of aryl methyl sites for hydroxylation is 2. The van der Waals surface area contributed by atoms with Gasteiger partial charge in [-0.2, -0.15) is 0 Å². The fraction of sp³-hybridized carbons (Fsp3) is 0.286.